The van der Waals surface area contributed by atoms with Crippen LogP contribution >= 0.6 is 0 Å². The van der Waals surface area contributed by atoms with Crippen LogP contribution in [-0.4, -0.2) is 12.1 Å². The Morgan fingerprint density at radius 2 is 1.82 bits per heavy atom. The molecule has 2 rings (SSSR count). The summed E-state index contributed by atoms with van der Waals surface area (Å²) < 4.78 is 5.71. The molecule has 94 valence electrons. The molecule has 2 N–H and O–H groups in total. The molecule has 0 aliphatic heterocycles. The van der Waals surface area contributed by atoms with E-state index in [4.69, 9.17) is 10.5 Å². The largest absolute Gasteiger partial charge is 0.492 e. The van der Waals surface area contributed by atoms with Crippen LogP contribution < -0.4 is 10.5 Å². The zero-order chi connectivity index (χ0) is 12.5. The van der Waals surface area contributed by atoms with Gasteiger partial charge in [0, 0.05) is 0 Å². The third-order valence-corrected chi connectivity index (χ3v) is 3.94. The molecule has 1 aromatic carbocycles. The van der Waals surface area contributed by atoms with Crippen molar-refractivity contribution in [1.29, 1.82) is 0 Å². The summed E-state index contributed by atoms with van der Waals surface area (Å²) in [6.07, 6.45) is 3.32. The van der Waals surface area contributed by atoms with Gasteiger partial charge < -0.3 is 10.5 Å². The van der Waals surface area contributed by atoms with Gasteiger partial charge in [0.1, 0.15) is 12.4 Å². The molecule has 0 bridgehead atoms. The third-order valence-electron chi connectivity index (χ3n) is 3.94. The summed E-state index contributed by atoms with van der Waals surface area (Å²) in [6, 6.07) is 8.43. The summed E-state index contributed by atoms with van der Waals surface area (Å²) >= 11 is 0. The normalized spacial score (nSPS) is 17.9. The Morgan fingerprint density at radius 1 is 1.24 bits per heavy atom. The van der Waals surface area contributed by atoms with E-state index < -0.39 is 0 Å². The van der Waals surface area contributed by atoms with Crippen LogP contribution in [0.3, 0.4) is 0 Å². The second kappa shape index (κ2) is 4.34. The zero-order valence-electron chi connectivity index (χ0n) is 11.1. The number of rotatable bonds is 5. The van der Waals surface area contributed by atoms with Crippen LogP contribution in [0.25, 0.3) is 0 Å². The van der Waals surface area contributed by atoms with Gasteiger partial charge in [-0.15, -0.1) is 0 Å². The van der Waals surface area contributed by atoms with E-state index in [2.05, 4.69) is 45.0 Å². The number of nitrogens with two attached hydrogens (primary N) is 1. The van der Waals surface area contributed by atoms with Crippen LogP contribution in [0.2, 0.25) is 0 Å². The van der Waals surface area contributed by atoms with E-state index >= 15 is 0 Å². The van der Waals surface area contributed by atoms with Crippen molar-refractivity contribution in [3.63, 3.8) is 0 Å². The van der Waals surface area contributed by atoms with Crippen molar-refractivity contribution >= 4 is 0 Å². The van der Waals surface area contributed by atoms with Gasteiger partial charge in [0.2, 0.25) is 0 Å². The predicted molar refractivity (Wildman–Crippen MR) is 71.4 cm³/mol. The van der Waals surface area contributed by atoms with Crippen LogP contribution in [0, 0.1) is 0 Å². The molecule has 2 nitrogen and oxygen atoms in total. The molecule has 1 aromatic rings. The fourth-order valence-corrected chi connectivity index (χ4v) is 1.74. The first-order valence-corrected chi connectivity index (χ1v) is 6.47. The minimum Gasteiger partial charge on any atom is -0.492 e. The zero-order valence-corrected chi connectivity index (χ0v) is 11.1. The molecule has 1 saturated carbocycles. The van der Waals surface area contributed by atoms with Gasteiger partial charge in [-0.05, 0) is 42.4 Å². The van der Waals surface area contributed by atoms with Crippen LogP contribution in [0.4, 0.5) is 0 Å². The molecule has 0 atom stereocenters. The number of hydrogen-bond donors (Lipinski definition) is 1. The minimum atomic E-state index is -0.0403. The van der Waals surface area contributed by atoms with Gasteiger partial charge in [0.15, 0.2) is 0 Å². The van der Waals surface area contributed by atoms with Gasteiger partial charge in [0.05, 0.1) is 5.54 Å². The highest BCUT2D eigenvalue weighted by Gasteiger charge is 2.39. The standard InChI is InChI=1S/C15H23NO/c1-4-14(2,3)12-5-7-13(8-6-12)17-11-15(16)9-10-15/h5-8H,4,9-11,16H2,1-3H3. The highest BCUT2D eigenvalue weighted by Crippen LogP contribution is 2.33. The van der Waals surface area contributed by atoms with Crippen molar-refractivity contribution in [2.24, 2.45) is 5.73 Å². The number of hydrogen-bond acceptors (Lipinski definition) is 2. The Balaban J connectivity index is 1.97. The lowest BCUT2D eigenvalue weighted by Crippen LogP contribution is -2.29. The summed E-state index contributed by atoms with van der Waals surface area (Å²) in [5, 5.41) is 0. The van der Waals surface area contributed by atoms with E-state index in [9.17, 15) is 0 Å². The second-order valence-electron chi connectivity index (χ2n) is 5.91. The molecule has 1 aliphatic carbocycles. The summed E-state index contributed by atoms with van der Waals surface area (Å²) in [4.78, 5) is 0. The number of benzene rings is 1. The van der Waals surface area contributed by atoms with Crippen molar-refractivity contribution in [2.45, 2.75) is 51.0 Å². The Kier molecular flexibility index (Phi) is 3.17. The van der Waals surface area contributed by atoms with Gasteiger partial charge in [-0.1, -0.05) is 32.9 Å². The summed E-state index contributed by atoms with van der Waals surface area (Å²) in [5.41, 5.74) is 7.55. The summed E-state index contributed by atoms with van der Waals surface area (Å²) in [6.45, 7) is 7.39. The molecule has 0 aromatic heterocycles. The Hall–Kier alpha value is -1.02. The van der Waals surface area contributed by atoms with Crippen molar-refractivity contribution in [3.05, 3.63) is 29.8 Å². The lowest BCUT2D eigenvalue weighted by Gasteiger charge is -2.23. The van der Waals surface area contributed by atoms with Crippen LogP contribution in [-0.2, 0) is 5.41 Å². The van der Waals surface area contributed by atoms with Crippen molar-refractivity contribution < 1.29 is 4.74 Å². The monoisotopic (exact) mass is 233 g/mol. The maximum absolute atomic E-state index is 5.99. The van der Waals surface area contributed by atoms with E-state index in [-0.39, 0.29) is 11.0 Å². The predicted octanol–water partition coefficient (Wildman–Crippen LogP) is 3.24. The molecule has 0 unspecified atom stereocenters. The first-order chi connectivity index (χ1) is 7.95. The van der Waals surface area contributed by atoms with Crippen LogP contribution in [0.5, 0.6) is 5.75 Å². The Labute approximate surface area is 104 Å². The van der Waals surface area contributed by atoms with E-state index in [1.165, 1.54) is 5.56 Å². The summed E-state index contributed by atoms with van der Waals surface area (Å²) in [5.74, 6) is 0.928. The fraction of sp³-hybridized carbons (Fsp3) is 0.600. The molecular formula is C15H23NO. The molecule has 0 saturated heterocycles. The van der Waals surface area contributed by atoms with Gasteiger partial charge in [-0.3, -0.25) is 0 Å². The fourth-order valence-electron chi connectivity index (χ4n) is 1.74. The third kappa shape index (κ3) is 3.01. The maximum atomic E-state index is 5.99. The second-order valence-corrected chi connectivity index (χ2v) is 5.91. The maximum Gasteiger partial charge on any atom is 0.119 e. The van der Waals surface area contributed by atoms with Crippen LogP contribution in [0.1, 0.15) is 45.6 Å². The number of ether oxygens (including phenoxy) is 1. The molecule has 17 heavy (non-hydrogen) atoms. The summed E-state index contributed by atoms with van der Waals surface area (Å²) in [7, 11) is 0. The Morgan fingerprint density at radius 3 is 2.29 bits per heavy atom. The highest BCUT2D eigenvalue weighted by atomic mass is 16.5. The van der Waals surface area contributed by atoms with Crippen molar-refractivity contribution in [3.8, 4) is 5.75 Å². The molecular weight excluding hydrogens is 210 g/mol. The smallest absolute Gasteiger partial charge is 0.119 e. The lowest BCUT2D eigenvalue weighted by molar-refractivity contribution is 0.279. The topological polar surface area (TPSA) is 35.2 Å². The van der Waals surface area contributed by atoms with E-state index in [1.807, 2.05) is 0 Å². The molecule has 0 radical (unpaired) electrons. The van der Waals surface area contributed by atoms with Crippen molar-refractivity contribution in [1.82, 2.24) is 0 Å². The highest BCUT2D eigenvalue weighted by molar-refractivity contribution is 5.31. The first kappa shape index (κ1) is 12.4. The quantitative estimate of drug-likeness (QED) is 0.847. The molecule has 1 aliphatic rings. The molecule has 0 amide bonds. The first-order valence-electron chi connectivity index (χ1n) is 6.47. The van der Waals surface area contributed by atoms with Gasteiger partial charge in [-0.25, -0.2) is 0 Å². The minimum absolute atomic E-state index is 0.0403. The SMILES string of the molecule is CCC(C)(C)c1ccc(OCC2(N)CC2)cc1. The van der Waals surface area contributed by atoms with Gasteiger partial charge >= 0.3 is 0 Å². The van der Waals surface area contributed by atoms with E-state index in [0.717, 1.165) is 25.0 Å². The van der Waals surface area contributed by atoms with Crippen LogP contribution in [0.15, 0.2) is 24.3 Å². The molecule has 0 heterocycles. The van der Waals surface area contributed by atoms with Gasteiger partial charge in [-0.2, -0.15) is 0 Å². The Bertz CT molecular complexity index is 376. The van der Waals surface area contributed by atoms with E-state index in [0.29, 0.717) is 6.61 Å². The molecule has 1 fully saturated rings. The average molecular weight is 233 g/mol. The molecule has 0 spiro atoms. The van der Waals surface area contributed by atoms with E-state index in [1.54, 1.807) is 0 Å². The average Bonchev–Trinajstić information content (AvgIpc) is 3.06. The van der Waals surface area contributed by atoms with Crippen molar-refractivity contribution in [2.75, 3.05) is 6.61 Å². The lowest BCUT2D eigenvalue weighted by atomic mass is 9.82. The van der Waals surface area contributed by atoms with Gasteiger partial charge in [0.25, 0.3) is 0 Å². The molecule has 2 heteroatoms.